The minimum absolute atomic E-state index is 0.0871. The van der Waals surface area contributed by atoms with Crippen LogP contribution >= 0.6 is 21.6 Å². The molecule has 2 aliphatic rings. The van der Waals surface area contributed by atoms with Crippen LogP contribution < -0.4 is 10.6 Å². The van der Waals surface area contributed by atoms with Gasteiger partial charge in [-0.1, -0.05) is 52.3 Å². The molecule has 1 unspecified atom stereocenters. The van der Waals surface area contributed by atoms with Gasteiger partial charge in [-0.2, -0.15) is 0 Å². The Balaban J connectivity index is 1.37. The summed E-state index contributed by atoms with van der Waals surface area (Å²) in [6.07, 6.45) is 5.13. The monoisotopic (exact) mass is 435 g/mol. The van der Waals surface area contributed by atoms with Gasteiger partial charge in [-0.25, -0.2) is 4.79 Å². The SMILES string of the molecule is CC1(C)NC(=O)N(Cc2ccc(CNC(=O)CCCCC3CCSS3)cc2)C1=O. The lowest BCUT2D eigenvalue weighted by atomic mass is 10.1. The molecule has 2 heterocycles. The third kappa shape index (κ3) is 6.15. The summed E-state index contributed by atoms with van der Waals surface area (Å²) >= 11 is 0. The summed E-state index contributed by atoms with van der Waals surface area (Å²) in [5.74, 6) is 1.13. The maximum absolute atomic E-state index is 12.3. The van der Waals surface area contributed by atoms with Crippen molar-refractivity contribution in [2.45, 2.75) is 69.8 Å². The molecule has 8 heteroatoms. The molecule has 0 saturated carbocycles. The van der Waals surface area contributed by atoms with Crippen LogP contribution in [-0.2, 0) is 22.7 Å². The van der Waals surface area contributed by atoms with Crippen molar-refractivity contribution in [3.05, 3.63) is 35.4 Å². The summed E-state index contributed by atoms with van der Waals surface area (Å²) in [7, 11) is 3.95. The number of benzene rings is 1. The number of amides is 4. The van der Waals surface area contributed by atoms with Crippen LogP contribution in [0.3, 0.4) is 0 Å². The number of hydrogen-bond acceptors (Lipinski definition) is 5. The Bertz CT molecular complexity index is 746. The van der Waals surface area contributed by atoms with Gasteiger partial charge in [0.25, 0.3) is 5.91 Å². The Kier molecular flexibility index (Phi) is 7.51. The Morgan fingerprint density at radius 3 is 2.55 bits per heavy atom. The molecule has 1 aromatic rings. The molecule has 0 aromatic heterocycles. The van der Waals surface area contributed by atoms with E-state index in [0.717, 1.165) is 29.2 Å². The van der Waals surface area contributed by atoms with Gasteiger partial charge in [0.15, 0.2) is 0 Å². The number of unbranched alkanes of at least 4 members (excludes halogenated alkanes) is 1. The molecule has 29 heavy (non-hydrogen) atoms. The van der Waals surface area contributed by atoms with Gasteiger partial charge in [0.1, 0.15) is 5.54 Å². The van der Waals surface area contributed by atoms with E-state index in [-0.39, 0.29) is 24.4 Å². The van der Waals surface area contributed by atoms with Gasteiger partial charge in [-0.05, 0) is 44.2 Å². The van der Waals surface area contributed by atoms with Crippen LogP contribution in [-0.4, -0.2) is 39.3 Å². The van der Waals surface area contributed by atoms with Crippen LogP contribution in [0.4, 0.5) is 4.79 Å². The molecule has 158 valence electrons. The number of carbonyl (C=O) groups is 3. The zero-order valence-electron chi connectivity index (χ0n) is 17.0. The minimum Gasteiger partial charge on any atom is -0.352 e. The van der Waals surface area contributed by atoms with Crippen LogP contribution in [0, 0.1) is 0 Å². The Hall–Kier alpha value is -1.67. The predicted octanol–water partition coefficient (Wildman–Crippen LogP) is 3.85. The molecule has 0 radical (unpaired) electrons. The average Bonchev–Trinajstić information content (AvgIpc) is 3.27. The highest BCUT2D eigenvalue weighted by molar-refractivity contribution is 8.77. The highest BCUT2D eigenvalue weighted by atomic mass is 33.1. The third-order valence-electron chi connectivity index (χ3n) is 5.20. The summed E-state index contributed by atoms with van der Waals surface area (Å²) in [6.45, 7) is 4.14. The highest BCUT2D eigenvalue weighted by Crippen LogP contribution is 2.39. The third-order valence-corrected chi connectivity index (χ3v) is 8.21. The molecule has 3 rings (SSSR count). The van der Waals surface area contributed by atoms with Crippen molar-refractivity contribution in [3.63, 3.8) is 0 Å². The number of imide groups is 1. The number of carbonyl (C=O) groups excluding carboxylic acids is 3. The van der Waals surface area contributed by atoms with E-state index in [1.165, 1.54) is 23.5 Å². The van der Waals surface area contributed by atoms with Gasteiger partial charge >= 0.3 is 6.03 Å². The highest BCUT2D eigenvalue weighted by Gasteiger charge is 2.43. The Labute approximate surface area is 180 Å². The van der Waals surface area contributed by atoms with Crippen LogP contribution in [0.2, 0.25) is 0 Å². The second kappa shape index (κ2) is 9.89. The van der Waals surface area contributed by atoms with Gasteiger partial charge in [-0.3, -0.25) is 14.5 Å². The largest absolute Gasteiger partial charge is 0.352 e. The van der Waals surface area contributed by atoms with Crippen molar-refractivity contribution in [2.24, 2.45) is 0 Å². The van der Waals surface area contributed by atoms with E-state index >= 15 is 0 Å². The zero-order chi connectivity index (χ0) is 20.9. The first kappa shape index (κ1) is 22.0. The molecule has 2 N–H and O–H groups in total. The van der Waals surface area contributed by atoms with E-state index in [0.29, 0.717) is 13.0 Å². The molecule has 1 aromatic carbocycles. The second-order valence-electron chi connectivity index (χ2n) is 8.11. The van der Waals surface area contributed by atoms with E-state index in [4.69, 9.17) is 0 Å². The summed E-state index contributed by atoms with van der Waals surface area (Å²) in [4.78, 5) is 37.5. The van der Waals surface area contributed by atoms with E-state index in [1.807, 2.05) is 45.9 Å². The van der Waals surface area contributed by atoms with Crippen molar-refractivity contribution in [3.8, 4) is 0 Å². The van der Waals surface area contributed by atoms with Gasteiger partial charge in [0.05, 0.1) is 6.54 Å². The molecule has 0 bridgehead atoms. The zero-order valence-corrected chi connectivity index (χ0v) is 18.7. The molecule has 6 nitrogen and oxygen atoms in total. The minimum atomic E-state index is -0.851. The molecule has 0 aliphatic carbocycles. The fraction of sp³-hybridized carbons (Fsp3) is 0.571. The first-order valence-electron chi connectivity index (χ1n) is 10.1. The lowest BCUT2D eigenvalue weighted by Gasteiger charge is -2.16. The van der Waals surface area contributed by atoms with Gasteiger partial charge < -0.3 is 10.6 Å². The maximum atomic E-state index is 12.3. The standard InChI is InChI=1S/C21H29N3O3S2/c1-21(2)19(26)24(20(27)23-21)14-16-9-7-15(8-10-16)13-22-18(25)6-4-3-5-17-11-12-28-29-17/h7-10,17H,3-6,11-14H2,1-2H3,(H,22,25)(H,23,27). The topological polar surface area (TPSA) is 78.5 Å². The normalized spacial score (nSPS) is 20.8. The number of nitrogens with one attached hydrogen (secondary N) is 2. The van der Waals surface area contributed by atoms with Crippen molar-refractivity contribution in [2.75, 3.05) is 5.75 Å². The van der Waals surface area contributed by atoms with E-state index in [1.54, 1.807) is 13.8 Å². The molecule has 2 fully saturated rings. The van der Waals surface area contributed by atoms with Crippen LogP contribution in [0.15, 0.2) is 24.3 Å². The lowest BCUT2D eigenvalue weighted by molar-refractivity contribution is -0.130. The molecular weight excluding hydrogens is 406 g/mol. The van der Waals surface area contributed by atoms with E-state index in [9.17, 15) is 14.4 Å². The number of nitrogens with zero attached hydrogens (tertiary/aromatic N) is 1. The van der Waals surface area contributed by atoms with Crippen molar-refractivity contribution in [1.82, 2.24) is 15.5 Å². The predicted molar refractivity (Wildman–Crippen MR) is 118 cm³/mol. The van der Waals surface area contributed by atoms with Crippen molar-refractivity contribution in [1.29, 1.82) is 0 Å². The Morgan fingerprint density at radius 1 is 1.21 bits per heavy atom. The summed E-state index contributed by atoms with van der Waals surface area (Å²) in [6, 6.07) is 7.28. The first-order valence-corrected chi connectivity index (χ1v) is 12.5. The molecular formula is C21H29N3O3S2. The second-order valence-corrected chi connectivity index (χ2v) is 10.9. The molecule has 2 saturated heterocycles. The van der Waals surface area contributed by atoms with Gasteiger partial charge in [-0.15, -0.1) is 0 Å². The summed E-state index contributed by atoms with van der Waals surface area (Å²) in [5, 5.41) is 6.42. The fourth-order valence-corrected chi connectivity index (χ4v) is 6.45. The van der Waals surface area contributed by atoms with E-state index in [2.05, 4.69) is 10.6 Å². The molecule has 1 atom stereocenters. The van der Waals surface area contributed by atoms with Crippen LogP contribution in [0.25, 0.3) is 0 Å². The maximum Gasteiger partial charge on any atom is 0.325 e. The van der Waals surface area contributed by atoms with Crippen molar-refractivity contribution < 1.29 is 14.4 Å². The summed E-state index contributed by atoms with van der Waals surface area (Å²) in [5.41, 5.74) is 1.03. The summed E-state index contributed by atoms with van der Waals surface area (Å²) < 4.78 is 0. The number of rotatable bonds is 9. The molecule has 4 amide bonds. The Morgan fingerprint density at radius 2 is 1.93 bits per heavy atom. The molecule has 2 aliphatic heterocycles. The lowest BCUT2D eigenvalue weighted by Crippen LogP contribution is -2.40. The quantitative estimate of drug-likeness (QED) is 0.350. The van der Waals surface area contributed by atoms with Crippen LogP contribution in [0.5, 0.6) is 0 Å². The van der Waals surface area contributed by atoms with Crippen LogP contribution in [0.1, 0.15) is 57.1 Å². The first-order chi connectivity index (χ1) is 13.8. The smallest absolute Gasteiger partial charge is 0.325 e. The van der Waals surface area contributed by atoms with Crippen molar-refractivity contribution >= 4 is 39.4 Å². The van der Waals surface area contributed by atoms with Gasteiger partial charge in [0.2, 0.25) is 5.91 Å². The fourth-order valence-electron chi connectivity index (χ4n) is 3.42. The van der Waals surface area contributed by atoms with Gasteiger partial charge in [0, 0.05) is 24.0 Å². The average molecular weight is 436 g/mol. The number of urea groups is 1. The van der Waals surface area contributed by atoms with E-state index < -0.39 is 5.54 Å². The number of hydrogen-bond donors (Lipinski definition) is 2. The molecule has 0 spiro atoms.